The first kappa shape index (κ1) is 29.7. The standard InChI is InChI=1S/C30H34N6O4S.CH4/c1-19-9-10-21(25(16-28(37)38)26-15-22-13-20(2)32-33-29(22)34(26)3)14-23(19)17-35-18-24-7-4-5-12-36(24)30-27(41(35,39)40)8-6-11-31-30;/h6,8-11,13-15,24-25H,4-5,7,12,16-18H2,1-3H3,(H,37,38);1H4/t24-,25?;/m1./s1. The van der Waals surface area contributed by atoms with Gasteiger partial charge in [-0.2, -0.15) is 9.40 Å². The number of sulfonamides is 1. The molecule has 2 atom stereocenters. The number of pyridine rings is 1. The molecule has 5 heterocycles. The predicted octanol–water partition coefficient (Wildman–Crippen LogP) is 4.79. The van der Waals surface area contributed by atoms with Crippen LogP contribution >= 0.6 is 0 Å². The normalized spacial score (nSPS) is 18.9. The summed E-state index contributed by atoms with van der Waals surface area (Å²) in [6.07, 6.45) is 4.52. The molecule has 2 aliphatic heterocycles. The highest BCUT2D eigenvalue weighted by atomic mass is 32.2. The highest BCUT2D eigenvalue weighted by Gasteiger charge is 2.39. The van der Waals surface area contributed by atoms with Crippen LogP contribution in [0.1, 0.15) is 67.1 Å². The molecule has 1 N–H and O–H groups in total. The molecular formula is C31H38N6O4S. The van der Waals surface area contributed by atoms with Gasteiger partial charge in [-0.25, -0.2) is 13.4 Å². The van der Waals surface area contributed by atoms with Crippen LogP contribution in [0.5, 0.6) is 0 Å². The van der Waals surface area contributed by atoms with Crippen LogP contribution < -0.4 is 4.90 Å². The maximum absolute atomic E-state index is 14.0. The number of fused-ring (bicyclic) bond motifs is 4. The third-order valence-electron chi connectivity index (χ3n) is 8.47. The van der Waals surface area contributed by atoms with E-state index in [4.69, 9.17) is 0 Å². The molecule has 1 fully saturated rings. The summed E-state index contributed by atoms with van der Waals surface area (Å²) in [7, 11) is -1.94. The number of rotatable bonds is 6. The first-order chi connectivity index (χ1) is 19.6. The Kier molecular flexibility index (Phi) is 8.08. The van der Waals surface area contributed by atoms with E-state index in [1.165, 1.54) is 0 Å². The molecule has 0 saturated carbocycles. The van der Waals surface area contributed by atoms with Gasteiger partial charge in [0, 0.05) is 55.9 Å². The number of anilines is 1. The monoisotopic (exact) mass is 590 g/mol. The van der Waals surface area contributed by atoms with Gasteiger partial charge in [-0.15, -0.1) is 5.10 Å². The maximum Gasteiger partial charge on any atom is 0.304 e. The Bertz CT molecular complexity index is 1750. The highest BCUT2D eigenvalue weighted by molar-refractivity contribution is 7.89. The number of aryl methyl sites for hydroxylation is 3. The van der Waals surface area contributed by atoms with Crippen molar-refractivity contribution in [3.05, 3.63) is 76.7 Å². The molecule has 0 spiro atoms. The number of benzene rings is 1. The molecule has 0 amide bonds. The minimum absolute atomic E-state index is 0. The van der Waals surface area contributed by atoms with Crippen molar-refractivity contribution in [1.82, 2.24) is 24.1 Å². The number of nitrogens with zero attached hydrogens (tertiary/aromatic N) is 6. The van der Waals surface area contributed by atoms with Crippen molar-refractivity contribution in [1.29, 1.82) is 0 Å². The Labute approximate surface area is 247 Å². The van der Waals surface area contributed by atoms with E-state index >= 15 is 0 Å². The summed E-state index contributed by atoms with van der Waals surface area (Å²) in [5.74, 6) is -0.826. The van der Waals surface area contributed by atoms with Crippen molar-refractivity contribution in [2.75, 3.05) is 18.0 Å². The van der Waals surface area contributed by atoms with E-state index in [0.717, 1.165) is 59.3 Å². The molecule has 1 aromatic carbocycles. The Hall–Kier alpha value is -3.83. The second-order valence-corrected chi connectivity index (χ2v) is 13.1. The third-order valence-corrected chi connectivity index (χ3v) is 10.3. The lowest BCUT2D eigenvalue weighted by Crippen LogP contribution is -2.45. The van der Waals surface area contributed by atoms with Gasteiger partial charge in [-0.05, 0) is 74.1 Å². The Balaban J connectivity index is 0.00000353. The predicted molar refractivity (Wildman–Crippen MR) is 162 cm³/mol. The molecule has 0 radical (unpaired) electrons. The van der Waals surface area contributed by atoms with Crippen LogP contribution in [0.2, 0.25) is 0 Å². The summed E-state index contributed by atoms with van der Waals surface area (Å²) >= 11 is 0. The van der Waals surface area contributed by atoms with Gasteiger partial charge in [0.15, 0.2) is 5.65 Å². The van der Waals surface area contributed by atoms with Gasteiger partial charge in [0.1, 0.15) is 10.7 Å². The zero-order chi connectivity index (χ0) is 28.9. The van der Waals surface area contributed by atoms with E-state index in [9.17, 15) is 18.3 Å². The van der Waals surface area contributed by atoms with Gasteiger partial charge in [0.25, 0.3) is 0 Å². The molecule has 10 nitrogen and oxygen atoms in total. The van der Waals surface area contributed by atoms with Gasteiger partial charge < -0.3 is 14.6 Å². The Morgan fingerprint density at radius 2 is 1.93 bits per heavy atom. The van der Waals surface area contributed by atoms with Crippen molar-refractivity contribution in [3.63, 3.8) is 0 Å². The number of piperidine rings is 1. The summed E-state index contributed by atoms with van der Waals surface area (Å²) in [6.45, 7) is 5.20. The summed E-state index contributed by atoms with van der Waals surface area (Å²) in [4.78, 5) is 18.9. The first-order valence-electron chi connectivity index (χ1n) is 14.0. The van der Waals surface area contributed by atoms with Crippen LogP contribution in [0.25, 0.3) is 11.0 Å². The van der Waals surface area contributed by atoms with Crippen LogP contribution in [0, 0.1) is 13.8 Å². The largest absolute Gasteiger partial charge is 0.481 e. The number of hydrogen-bond donors (Lipinski definition) is 1. The van der Waals surface area contributed by atoms with Crippen molar-refractivity contribution in [2.24, 2.45) is 7.05 Å². The fourth-order valence-electron chi connectivity index (χ4n) is 6.31. The molecular weight excluding hydrogens is 552 g/mol. The molecule has 1 unspecified atom stereocenters. The minimum atomic E-state index is -3.81. The van der Waals surface area contributed by atoms with Gasteiger partial charge >= 0.3 is 5.97 Å². The van der Waals surface area contributed by atoms with Crippen LogP contribution in [-0.4, -0.2) is 62.7 Å². The molecule has 222 valence electrons. The quantitative estimate of drug-likeness (QED) is 0.340. The summed E-state index contributed by atoms with van der Waals surface area (Å²) in [5.41, 5.74) is 4.91. The second kappa shape index (κ2) is 11.4. The molecule has 1 saturated heterocycles. The smallest absolute Gasteiger partial charge is 0.304 e. The topological polar surface area (TPSA) is 122 Å². The van der Waals surface area contributed by atoms with Gasteiger partial charge in [0.05, 0.1) is 12.1 Å². The zero-order valence-electron chi connectivity index (χ0n) is 23.5. The van der Waals surface area contributed by atoms with Crippen LogP contribution in [-0.2, 0) is 28.4 Å². The van der Waals surface area contributed by atoms with E-state index in [1.807, 2.05) is 55.8 Å². The third kappa shape index (κ3) is 5.27. The van der Waals surface area contributed by atoms with Crippen molar-refractivity contribution < 1.29 is 18.3 Å². The molecule has 42 heavy (non-hydrogen) atoms. The van der Waals surface area contributed by atoms with E-state index in [-0.39, 0.29) is 31.3 Å². The number of carboxylic acid groups (broad SMARTS) is 1. The molecule has 2 aliphatic rings. The lowest BCUT2D eigenvalue weighted by molar-refractivity contribution is -0.137. The molecule has 4 aromatic rings. The first-order valence-corrected chi connectivity index (χ1v) is 15.4. The summed E-state index contributed by atoms with van der Waals surface area (Å²) in [6, 6.07) is 13.2. The Morgan fingerprint density at radius 3 is 2.71 bits per heavy atom. The summed E-state index contributed by atoms with van der Waals surface area (Å²) < 4.78 is 31.5. The zero-order valence-corrected chi connectivity index (χ0v) is 24.3. The number of carboxylic acids is 1. The van der Waals surface area contributed by atoms with Crippen molar-refractivity contribution in [2.45, 2.75) is 70.4 Å². The number of hydrogen-bond acceptors (Lipinski definition) is 7. The van der Waals surface area contributed by atoms with E-state index in [0.29, 0.717) is 18.0 Å². The lowest BCUT2D eigenvalue weighted by Gasteiger charge is -2.36. The maximum atomic E-state index is 14.0. The van der Waals surface area contributed by atoms with Crippen LogP contribution in [0.4, 0.5) is 5.82 Å². The van der Waals surface area contributed by atoms with E-state index in [2.05, 4.69) is 20.1 Å². The molecule has 3 aromatic heterocycles. The van der Waals surface area contributed by atoms with Gasteiger partial charge in [-0.3, -0.25) is 4.79 Å². The van der Waals surface area contributed by atoms with Crippen molar-refractivity contribution >= 4 is 32.8 Å². The number of carbonyl (C=O) groups is 1. The summed E-state index contributed by atoms with van der Waals surface area (Å²) in [5, 5.41) is 19.3. The SMILES string of the molecule is C.Cc1cc2cc(C(CC(=O)O)c3ccc(C)c(CN4C[C@H]5CCCCN5c5ncccc5S4(=O)=O)c3)n(C)c2nn1. The fourth-order valence-corrected chi connectivity index (χ4v) is 7.92. The second-order valence-electron chi connectivity index (χ2n) is 11.2. The molecule has 6 rings (SSSR count). The van der Waals surface area contributed by atoms with Crippen LogP contribution in [0.15, 0.2) is 53.6 Å². The van der Waals surface area contributed by atoms with E-state index < -0.39 is 21.9 Å². The lowest BCUT2D eigenvalue weighted by atomic mass is 9.89. The molecule has 11 heteroatoms. The number of aromatic nitrogens is 4. The highest BCUT2D eigenvalue weighted by Crippen LogP contribution is 2.37. The van der Waals surface area contributed by atoms with E-state index in [1.54, 1.807) is 22.6 Å². The van der Waals surface area contributed by atoms with Crippen LogP contribution in [0.3, 0.4) is 0 Å². The minimum Gasteiger partial charge on any atom is -0.481 e. The Morgan fingerprint density at radius 1 is 1.12 bits per heavy atom. The van der Waals surface area contributed by atoms with Crippen molar-refractivity contribution in [3.8, 4) is 0 Å². The molecule has 0 bridgehead atoms. The average molecular weight is 591 g/mol. The number of aliphatic carboxylic acids is 1. The van der Waals surface area contributed by atoms with Gasteiger partial charge in [-0.1, -0.05) is 25.6 Å². The van der Waals surface area contributed by atoms with Gasteiger partial charge in [0.2, 0.25) is 10.0 Å². The molecule has 0 aliphatic carbocycles. The fraction of sp³-hybridized carbons (Fsp3) is 0.419. The average Bonchev–Trinajstić information content (AvgIpc) is 3.23.